The normalized spacial score (nSPS) is 14.7. The standard InChI is InChI=1S/C28H28F6N2O4S2/c1-18(39-17-41-2)8-9-35-10-11-36(42(37,38)24-5-3-4-21(15-24)28(32,33)34)26-14-19(6-7-25(26)35)20-12-22(29)16-23(13-20)40-27(30)31/h3-7,12-16,18,27H,8-11,17H2,1-2H3. The van der Waals surface area contributed by atoms with Gasteiger partial charge in [-0.05, 0) is 73.2 Å². The van der Waals surface area contributed by atoms with Gasteiger partial charge in [0.2, 0.25) is 0 Å². The Balaban J connectivity index is 1.77. The smallest absolute Gasteiger partial charge is 0.416 e. The molecule has 3 aromatic rings. The highest BCUT2D eigenvalue weighted by molar-refractivity contribution is 7.98. The first-order valence-corrected chi connectivity index (χ1v) is 15.6. The molecule has 1 aliphatic heterocycles. The number of ether oxygens (including phenoxy) is 2. The van der Waals surface area contributed by atoms with E-state index in [1.807, 2.05) is 18.1 Å². The van der Waals surface area contributed by atoms with Crippen LogP contribution in [0.1, 0.15) is 18.9 Å². The van der Waals surface area contributed by atoms with Crippen LogP contribution < -0.4 is 13.9 Å². The highest BCUT2D eigenvalue weighted by atomic mass is 32.2. The third-order valence-electron chi connectivity index (χ3n) is 6.61. The maximum Gasteiger partial charge on any atom is 0.416 e. The maximum absolute atomic E-state index is 14.3. The Labute approximate surface area is 244 Å². The predicted molar refractivity (Wildman–Crippen MR) is 150 cm³/mol. The van der Waals surface area contributed by atoms with Crippen molar-refractivity contribution < 1.29 is 44.2 Å². The summed E-state index contributed by atoms with van der Waals surface area (Å²) in [6, 6.07) is 11.2. The molecule has 1 atom stereocenters. The molecule has 14 heteroatoms. The van der Waals surface area contributed by atoms with Crippen molar-refractivity contribution in [3.05, 3.63) is 72.0 Å². The molecule has 42 heavy (non-hydrogen) atoms. The fourth-order valence-corrected chi connectivity index (χ4v) is 6.45. The fraction of sp³-hybridized carbons (Fsp3) is 0.357. The Kier molecular flexibility index (Phi) is 9.88. The number of thioether (sulfide) groups is 1. The first kappa shape index (κ1) is 31.8. The molecule has 0 amide bonds. The van der Waals surface area contributed by atoms with Crippen LogP contribution in [-0.4, -0.2) is 53.0 Å². The molecule has 0 fully saturated rings. The number of anilines is 2. The van der Waals surface area contributed by atoms with Gasteiger partial charge in [0.25, 0.3) is 10.0 Å². The molecule has 1 aliphatic rings. The second-order valence-electron chi connectivity index (χ2n) is 9.52. The zero-order valence-corrected chi connectivity index (χ0v) is 24.2. The van der Waals surface area contributed by atoms with Crippen LogP contribution in [0.2, 0.25) is 0 Å². The topological polar surface area (TPSA) is 59.1 Å². The molecular formula is C28H28F6N2O4S2. The lowest BCUT2D eigenvalue weighted by Gasteiger charge is -2.39. The zero-order valence-electron chi connectivity index (χ0n) is 22.6. The van der Waals surface area contributed by atoms with E-state index in [0.717, 1.165) is 34.6 Å². The van der Waals surface area contributed by atoms with E-state index in [-0.39, 0.29) is 36.0 Å². The lowest BCUT2D eigenvalue weighted by Crippen LogP contribution is -2.44. The zero-order chi connectivity index (χ0) is 30.7. The first-order valence-electron chi connectivity index (χ1n) is 12.7. The van der Waals surface area contributed by atoms with Gasteiger partial charge in [0.1, 0.15) is 11.6 Å². The molecule has 0 bridgehead atoms. The average molecular weight is 635 g/mol. The van der Waals surface area contributed by atoms with Crippen molar-refractivity contribution in [1.82, 2.24) is 0 Å². The number of fused-ring (bicyclic) bond motifs is 1. The monoisotopic (exact) mass is 634 g/mol. The van der Waals surface area contributed by atoms with Gasteiger partial charge in [0, 0.05) is 19.2 Å². The largest absolute Gasteiger partial charge is 0.435 e. The Hall–Kier alpha value is -3.10. The predicted octanol–water partition coefficient (Wildman–Crippen LogP) is 7.24. The van der Waals surface area contributed by atoms with Crippen LogP contribution in [0.5, 0.6) is 5.75 Å². The Bertz CT molecular complexity index is 1500. The van der Waals surface area contributed by atoms with E-state index in [1.54, 1.807) is 12.1 Å². The molecule has 0 saturated heterocycles. The van der Waals surface area contributed by atoms with E-state index in [0.29, 0.717) is 30.7 Å². The van der Waals surface area contributed by atoms with Gasteiger partial charge in [-0.25, -0.2) is 12.8 Å². The van der Waals surface area contributed by atoms with Crippen LogP contribution >= 0.6 is 11.8 Å². The van der Waals surface area contributed by atoms with Crippen LogP contribution in [0.3, 0.4) is 0 Å². The van der Waals surface area contributed by atoms with Crippen LogP contribution in [0, 0.1) is 5.82 Å². The lowest BCUT2D eigenvalue weighted by molar-refractivity contribution is -0.137. The number of alkyl halides is 5. The van der Waals surface area contributed by atoms with Crippen LogP contribution in [-0.2, 0) is 20.9 Å². The second kappa shape index (κ2) is 13.0. The van der Waals surface area contributed by atoms with Gasteiger partial charge in [-0.2, -0.15) is 22.0 Å². The molecule has 0 radical (unpaired) electrons. The van der Waals surface area contributed by atoms with Gasteiger partial charge in [-0.1, -0.05) is 12.1 Å². The average Bonchev–Trinajstić information content (AvgIpc) is 2.93. The molecule has 0 spiro atoms. The van der Waals surface area contributed by atoms with Crippen molar-refractivity contribution >= 4 is 33.2 Å². The molecule has 1 heterocycles. The Morgan fingerprint density at radius 1 is 0.976 bits per heavy atom. The Morgan fingerprint density at radius 2 is 1.74 bits per heavy atom. The first-order chi connectivity index (χ1) is 19.8. The number of nitrogens with zero attached hydrogens (tertiary/aromatic N) is 2. The van der Waals surface area contributed by atoms with Crippen molar-refractivity contribution in [1.29, 1.82) is 0 Å². The van der Waals surface area contributed by atoms with E-state index in [2.05, 4.69) is 4.74 Å². The number of rotatable bonds is 11. The summed E-state index contributed by atoms with van der Waals surface area (Å²) in [5, 5.41) is 0. The summed E-state index contributed by atoms with van der Waals surface area (Å²) < 4.78 is 119. The number of benzene rings is 3. The number of hydrogen-bond acceptors (Lipinski definition) is 6. The van der Waals surface area contributed by atoms with Crippen molar-refractivity contribution in [3.8, 4) is 16.9 Å². The lowest BCUT2D eigenvalue weighted by atomic mass is 10.0. The van der Waals surface area contributed by atoms with E-state index >= 15 is 0 Å². The number of hydrogen-bond donors (Lipinski definition) is 0. The summed E-state index contributed by atoms with van der Waals surface area (Å²) in [6.07, 6.45) is -2.32. The van der Waals surface area contributed by atoms with Crippen molar-refractivity contribution in [3.63, 3.8) is 0 Å². The van der Waals surface area contributed by atoms with Gasteiger partial charge in [0.05, 0.1) is 40.4 Å². The van der Waals surface area contributed by atoms with Crippen molar-refractivity contribution in [2.24, 2.45) is 0 Å². The number of halogens is 6. The van der Waals surface area contributed by atoms with Gasteiger partial charge in [-0.15, -0.1) is 11.8 Å². The Morgan fingerprint density at radius 3 is 2.43 bits per heavy atom. The SMILES string of the molecule is CSCOC(C)CCN1CCN(S(=O)(=O)c2cccc(C(F)(F)F)c2)c2cc(-c3cc(F)cc(OC(F)F)c3)ccc21. The highest BCUT2D eigenvalue weighted by Crippen LogP contribution is 2.41. The fourth-order valence-electron chi connectivity index (χ4n) is 4.57. The minimum Gasteiger partial charge on any atom is -0.435 e. The van der Waals surface area contributed by atoms with Crippen LogP contribution in [0.15, 0.2) is 65.6 Å². The summed E-state index contributed by atoms with van der Waals surface area (Å²) >= 11 is 1.53. The molecule has 4 rings (SSSR count). The minimum atomic E-state index is -4.75. The number of sulfonamides is 1. The van der Waals surface area contributed by atoms with Crippen LogP contribution in [0.25, 0.3) is 11.1 Å². The second-order valence-corrected chi connectivity index (χ2v) is 12.2. The molecule has 0 aliphatic carbocycles. The summed E-state index contributed by atoms with van der Waals surface area (Å²) in [4.78, 5) is 1.40. The maximum atomic E-state index is 14.3. The molecule has 0 N–H and O–H groups in total. The van der Waals surface area contributed by atoms with Crippen molar-refractivity contribution in [2.45, 2.75) is 37.1 Å². The highest BCUT2D eigenvalue weighted by Gasteiger charge is 2.35. The molecule has 228 valence electrons. The quantitative estimate of drug-likeness (QED) is 0.164. The van der Waals surface area contributed by atoms with E-state index < -0.39 is 44.8 Å². The van der Waals surface area contributed by atoms with E-state index in [4.69, 9.17) is 4.74 Å². The minimum absolute atomic E-state index is 0.0853. The van der Waals surface area contributed by atoms with Gasteiger partial charge >= 0.3 is 12.8 Å². The molecular weight excluding hydrogens is 606 g/mol. The summed E-state index contributed by atoms with van der Waals surface area (Å²) in [5.74, 6) is -0.767. The summed E-state index contributed by atoms with van der Waals surface area (Å²) in [5.41, 5.74) is -0.0505. The summed E-state index contributed by atoms with van der Waals surface area (Å²) in [6.45, 7) is -0.625. The summed E-state index contributed by atoms with van der Waals surface area (Å²) in [7, 11) is -4.47. The van der Waals surface area contributed by atoms with E-state index in [1.165, 1.54) is 23.9 Å². The molecule has 0 saturated carbocycles. The van der Waals surface area contributed by atoms with E-state index in [9.17, 15) is 34.8 Å². The molecule has 3 aromatic carbocycles. The van der Waals surface area contributed by atoms with Crippen molar-refractivity contribution in [2.75, 3.05) is 41.0 Å². The van der Waals surface area contributed by atoms with Gasteiger partial charge in [0.15, 0.2) is 0 Å². The third-order valence-corrected chi connectivity index (χ3v) is 8.79. The molecule has 0 aromatic heterocycles. The third kappa shape index (κ3) is 7.45. The van der Waals surface area contributed by atoms with Gasteiger partial charge in [-0.3, -0.25) is 4.31 Å². The molecule has 6 nitrogen and oxygen atoms in total. The molecule has 1 unspecified atom stereocenters. The van der Waals surface area contributed by atoms with Gasteiger partial charge < -0.3 is 14.4 Å². The van der Waals surface area contributed by atoms with Crippen LogP contribution in [0.4, 0.5) is 37.7 Å².